The molecule has 0 aliphatic heterocycles. The molecule has 1 aliphatic carbocycles. The molecule has 0 spiro atoms. The summed E-state index contributed by atoms with van der Waals surface area (Å²) in [5.41, 5.74) is 5.35. The Bertz CT molecular complexity index is 294. The van der Waals surface area contributed by atoms with Crippen molar-refractivity contribution in [3.05, 3.63) is 0 Å². The van der Waals surface area contributed by atoms with Crippen LogP contribution in [0.5, 0.6) is 0 Å². The molecule has 0 bridgehead atoms. The molecule has 126 valence electrons. The fourth-order valence-corrected chi connectivity index (χ4v) is 2.79. The van der Waals surface area contributed by atoms with Crippen LogP contribution in [0.3, 0.4) is 0 Å². The van der Waals surface area contributed by atoms with Crippen molar-refractivity contribution in [2.24, 2.45) is 11.7 Å². The van der Waals surface area contributed by atoms with Crippen LogP contribution in [0.4, 0.5) is 13.2 Å². The normalized spacial score (nSPS) is 17.3. The zero-order valence-electron chi connectivity index (χ0n) is 12.3. The molecule has 1 amide bonds. The van der Waals surface area contributed by atoms with Crippen LogP contribution in [0, 0.1) is 5.92 Å². The minimum Gasteiger partial charge on any atom is -0.344 e. The molecular formula is C14H26ClF3N2O. The molecule has 3 nitrogen and oxygen atoms in total. The molecule has 1 fully saturated rings. The largest absolute Gasteiger partial charge is 0.408 e. The molecule has 0 aromatic heterocycles. The number of amides is 1. The van der Waals surface area contributed by atoms with Gasteiger partial charge in [-0.25, -0.2) is 0 Å². The number of nitrogens with one attached hydrogen (secondary N) is 1. The van der Waals surface area contributed by atoms with Crippen LogP contribution in [-0.2, 0) is 4.79 Å². The summed E-state index contributed by atoms with van der Waals surface area (Å²) >= 11 is 0. The average Bonchev–Trinajstić information content (AvgIpc) is 2.87. The third kappa shape index (κ3) is 7.90. The lowest BCUT2D eigenvalue weighted by Gasteiger charge is -2.27. The number of rotatable bonds is 8. The van der Waals surface area contributed by atoms with Gasteiger partial charge in [0.2, 0.25) is 5.91 Å². The molecule has 21 heavy (non-hydrogen) atoms. The van der Waals surface area contributed by atoms with E-state index >= 15 is 0 Å². The van der Waals surface area contributed by atoms with Crippen molar-refractivity contribution in [1.82, 2.24) is 5.32 Å². The Morgan fingerprint density at radius 2 is 1.71 bits per heavy atom. The zero-order valence-corrected chi connectivity index (χ0v) is 13.1. The van der Waals surface area contributed by atoms with Gasteiger partial charge < -0.3 is 11.1 Å². The van der Waals surface area contributed by atoms with Gasteiger partial charge in [-0.05, 0) is 38.1 Å². The highest BCUT2D eigenvalue weighted by Gasteiger charge is 2.46. The predicted molar refractivity (Wildman–Crippen MR) is 79.3 cm³/mol. The summed E-state index contributed by atoms with van der Waals surface area (Å²) in [5, 5.41) is 2.20. The monoisotopic (exact) mass is 330 g/mol. The number of carbonyl (C=O) groups excluding carboxylic acids is 1. The molecular weight excluding hydrogens is 305 g/mol. The molecule has 1 atom stereocenters. The van der Waals surface area contributed by atoms with Crippen LogP contribution < -0.4 is 11.1 Å². The van der Waals surface area contributed by atoms with Gasteiger partial charge in [-0.2, -0.15) is 13.2 Å². The molecule has 3 N–H and O–H groups in total. The minimum absolute atomic E-state index is 0. The van der Waals surface area contributed by atoms with Gasteiger partial charge in [0.15, 0.2) is 0 Å². The molecule has 0 aromatic rings. The van der Waals surface area contributed by atoms with Crippen LogP contribution in [0.2, 0.25) is 0 Å². The van der Waals surface area contributed by atoms with Crippen LogP contribution in [-0.4, -0.2) is 24.7 Å². The maximum atomic E-state index is 13.0. The van der Waals surface area contributed by atoms with E-state index in [4.69, 9.17) is 5.73 Å². The first-order valence-corrected chi connectivity index (χ1v) is 7.51. The van der Waals surface area contributed by atoms with Crippen LogP contribution in [0.15, 0.2) is 0 Å². The minimum atomic E-state index is -4.34. The van der Waals surface area contributed by atoms with Crippen molar-refractivity contribution in [2.45, 2.75) is 70.0 Å². The second kappa shape index (κ2) is 10.3. The average molecular weight is 331 g/mol. The summed E-state index contributed by atoms with van der Waals surface area (Å²) in [4.78, 5) is 11.7. The van der Waals surface area contributed by atoms with Crippen molar-refractivity contribution in [3.8, 4) is 0 Å². The third-order valence-electron chi connectivity index (χ3n) is 3.90. The summed E-state index contributed by atoms with van der Waals surface area (Å²) in [5.74, 6) is -0.928. The van der Waals surface area contributed by atoms with Gasteiger partial charge in [-0.1, -0.05) is 25.7 Å². The summed E-state index contributed by atoms with van der Waals surface area (Å²) in [6, 6.07) is -1.67. The Hall–Kier alpha value is -0.490. The standard InChI is InChI=1S/C14H25F3N2O.ClH/c15-14(16,17)13(11-7-4-5-8-11)19-12(20)9-3-1-2-6-10-18;/h11,13H,1-10,18H2,(H,19,20);1H. The lowest BCUT2D eigenvalue weighted by atomic mass is 9.97. The van der Waals surface area contributed by atoms with Gasteiger partial charge in [-0.3, -0.25) is 4.79 Å². The van der Waals surface area contributed by atoms with Gasteiger partial charge in [0.05, 0.1) is 0 Å². The predicted octanol–water partition coefficient (Wildman–Crippen LogP) is 3.55. The van der Waals surface area contributed by atoms with E-state index in [0.29, 0.717) is 25.8 Å². The molecule has 0 saturated heterocycles. The maximum Gasteiger partial charge on any atom is 0.408 e. The summed E-state index contributed by atoms with van der Waals surface area (Å²) in [6.45, 7) is 0.615. The quantitative estimate of drug-likeness (QED) is 0.669. The van der Waals surface area contributed by atoms with Crippen molar-refractivity contribution in [2.75, 3.05) is 6.54 Å². The van der Waals surface area contributed by atoms with Crippen molar-refractivity contribution in [3.63, 3.8) is 0 Å². The first-order chi connectivity index (χ1) is 9.45. The fourth-order valence-electron chi connectivity index (χ4n) is 2.79. The topological polar surface area (TPSA) is 55.1 Å². The summed E-state index contributed by atoms with van der Waals surface area (Å²) in [7, 11) is 0. The molecule has 1 saturated carbocycles. The summed E-state index contributed by atoms with van der Waals surface area (Å²) < 4.78 is 39.0. The SMILES string of the molecule is Cl.NCCCCCCC(=O)NC(C1CCCC1)C(F)(F)F. The molecule has 7 heteroatoms. The van der Waals surface area contributed by atoms with Gasteiger partial charge in [0, 0.05) is 6.42 Å². The van der Waals surface area contributed by atoms with Crippen LogP contribution >= 0.6 is 12.4 Å². The lowest BCUT2D eigenvalue weighted by molar-refractivity contribution is -0.171. The number of unbranched alkanes of at least 4 members (excludes halogenated alkanes) is 3. The Morgan fingerprint density at radius 3 is 2.24 bits per heavy atom. The number of halogens is 4. The molecule has 0 radical (unpaired) electrons. The van der Waals surface area contributed by atoms with Gasteiger partial charge in [0.25, 0.3) is 0 Å². The number of nitrogens with two attached hydrogens (primary N) is 1. The van der Waals surface area contributed by atoms with E-state index in [1.165, 1.54) is 0 Å². The van der Waals surface area contributed by atoms with Crippen molar-refractivity contribution in [1.29, 1.82) is 0 Å². The number of hydrogen-bond donors (Lipinski definition) is 2. The Morgan fingerprint density at radius 1 is 1.14 bits per heavy atom. The van der Waals surface area contributed by atoms with Crippen LogP contribution in [0.1, 0.15) is 57.8 Å². The second-order valence-electron chi connectivity index (χ2n) is 5.58. The molecule has 0 heterocycles. The molecule has 1 aliphatic rings. The highest BCUT2D eigenvalue weighted by Crippen LogP contribution is 2.35. The fraction of sp³-hybridized carbons (Fsp3) is 0.929. The third-order valence-corrected chi connectivity index (χ3v) is 3.90. The Kier molecular flexibility index (Phi) is 10.0. The number of alkyl halides is 3. The van der Waals surface area contributed by atoms with E-state index in [0.717, 1.165) is 32.1 Å². The van der Waals surface area contributed by atoms with E-state index in [2.05, 4.69) is 5.32 Å². The molecule has 0 aromatic carbocycles. The number of hydrogen-bond acceptors (Lipinski definition) is 2. The first-order valence-electron chi connectivity index (χ1n) is 7.51. The maximum absolute atomic E-state index is 13.0. The second-order valence-corrected chi connectivity index (χ2v) is 5.58. The van der Waals surface area contributed by atoms with E-state index in [1.807, 2.05) is 0 Å². The van der Waals surface area contributed by atoms with Crippen molar-refractivity contribution >= 4 is 18.3 Å². The van der Waals surface area contributed by atoms with Crippen LogP contribution in [0.25, 0.3) is 0 Å². The lowest BCUT2D eigenvalue weighted by Crippen LogP contribution is -2.49. The molecule has 1 rings (SSSR count). The highest BCUT2D eigenvalue weighted by molar-refractivity contribution is 5.85. The van der Waals surface area contributed by atoms with Gasteiger partial charge in [-0.15, -0.1) is 12.4 Å². The van der Waals surface area contributed by atoms with E-state index < -0.39 is 24.0 Å². The van der Waals surface area contributed by atoms with E-state index in [-0.39, 0.29) is 18.8 Å². The van der Waals surface area contributed by atoms with E-state index in [9.17, 15) is 18.0 Å². The van der Waals surface area contributed by atoms with Gasteiger partial charge in [0.1, 0.15) is 6.04 Å². The Labute approximate surface area is 130 Å². The zero-order chi connectivity index (χ0) is 15.0. The number of carbonyl (C=O) groups is 1. The van der Waals surface area contributed by atoms with E-state index in [1.54, 1.807) is 0 Å². The first kappa shape index (κ1) is 20.5. The smallest absolute Gasteiger partial charge is 0.344 e. The van der Waals surface area contributed by atoms with Crippen molar-refractivity contribution < 1.29 is 18.0 Å². The summed E-state index contributed by atoms with van der Waals surface area (Å²) in [6.07, 6.45) is 1.88. The molecule has 1 unspecified atom stereocenters. The van der Waals surface area contributed by atoms with Gasteiger partial charge >= 0.3 is 6.18 Å². The Balaban J connectivity index is 0.00000400. The highest BCUT2D eigenvalue weighted by atomic mass is 35.5.